The van der Waals surface area contributed by atoms with Gasteiger partial charge in [0.05, 0.1) is 0 Å². The van der Waals surface area contributed by atoms with Gasteiger partial charge >= 0.3 is 0 Å². The molecule has 0 amide bonds. The van der Waals surface area contributed by atoms with Crippen LogP contribution in [0.5, 0.6) is 0 Å². The maximum absolute atomic E-state index is 13.1. The number of hydrogen-bond donors (Lipinski definition) is 1. The summed E-state index contributed by atoms with van der Waals surface area (Å²) >= 11 is 1.77. The van der Waals surface area contributed by atoms with Crippen LogP contribution in [0.25, 0.3) is 0 Å². The Kier molecular flexibility index (Phi) is 5.51. The Morgan fingerprint density at radius 3 is 2.89 bits per heavy atom. The second-order valence-electron chi connectivity index (χ2n) is 5.02. The van der Waals surface area contributed by atoms with Gasteiger partial charge in [-0.3, -0.25) is 0 Å². The molecular weight excluding hydrogens is 245 g/mol. The lowest BCUT2D eigenvalue weighted by atomic mass is 9.80. The third kappa shape index (κ3) is 3.99. The van der Waals surface area contributed by atoms with Gasteiger partial charge in [0.25, 0.3) is 0 Å². The largest absolute Gasteiger partial charge is 0.313 e. The van der Waals surface area contributed by atoms with Crippen LogP contribution in [0.3, 0.4) is 0 Å². The Morgan fingerprint density at radius 2 is 2.28 bits per heavy atom. The van der Waals surface area contributed by atoms with Crippen LogP contribution in [0.1, 0.15) is 32.6 Å². The summed E-state index contributed by atoms with van der Waals surface area (Å²) in [7, 11) is 0. The van der Waals surface area contributed by atoms with Crippen LogP contribution in [0.2, 0.25) is 0 Å². The van der Waals surface area contributed by atoms with E-state index in [0.717, 1.165) is 23.1 Å². The summed E-state index contributed by atoms with van der Waals surface area (Å²) in [5, 5.41) is 3.64. The van der Waals surface area contributed by atoms with E-state index in [1.807, 2.05) is 6.07 Å². The van der Waals surface area contributed by atoms with Crippen molar-refractivity contribution in [2.24, 2.45) is 5.92 Å². The first-order valence-electron chi connectivity index (χ1n) is 6.91. The Bertz CT molecular complexity index is 365. The van der Waals surface area contributed by atoms with Crippen LogP contribution < -0.4 is 5.32 Å². The van der Waals surface area contributed by atoms with E-state index in [0.29, 0.717) is 6.04 Å². The Hall–Kier alpha value is -0.540. The number of thioether (sulfide) groups is 1. The molecule has 100 valence electrons. The molecule has 0 radical (unpaired) electrons. The van der Waals surface area contributed by atoms with Crippen LogP contribution in [0.15, 0.2) is 29.2 Å². The molecule has 0 aliphatic heterocycles. The minimum atomic E-state index is -0.137. The first kappa shape index (κ1) is 13.9. The van der Waals surface area contributed by atoms with Crippen molar-refractivity contribution in [1.29, 1.82) is 0 Å². The van der Waals surface area contributed by atoms with Gasteiger partial charge in [0.2, 0.25) is 0 Å². The molecule has 0 spiro atoms. The monoisotopic (exact) mass is 267 g/mol. The molecule has 0 aromatic heterocycles. The van der Waals surface area contributed by atoms with E-state index in [-0.39, 0.29) is 5.82 Å². The van der Waals surface area contributed by atoms with E-state index in [4.69, 9.17) is 0 Å². The molecule has 1 atom stereocenters. The van der Waals surface area contributed by atoms with Gasteiger partial charge in [-0.25, -0.2) is 4.39 Å². The van der Waals surface area contributed by atoms with E-state index in [1.165, 1.54) is 31.7 Å². The molecule has 0 bridgehead atoms. The lowest BCUT2D eigenvalue weighted by Crippen LogP contribution is -2.41. The van der Waals surface area contributed by atoms with Crippen molar-refractivity contribution < 1.29 is 4.39 Å². The molecule has 0 saturated heterocycles. The SMILES string of the molecule is CCCNC(CSc1cccc(F)c1)C1CCC1. The number of nitrogens with one attached hydrogen (secondary N) is 1. The van der Waals surface area contributed by atoms with Crippen molar-refractivity contribution in [2.45, 2.75) is 43.5 Å². The first-order valence-corrected chi connectivity index (χ1v) is 7.90. The van der Waals surface area contributed by atoms with Crippen molar-refractivity contribution in [2.75, 3.05) is 12.3 Å². The zero-order valence-electron chi connectivity index (χ0n) is 11.0. The number of benzene rings is 1. The van der Waals surface area contributed by atoms with Gasteiger partial charge in [-0.2, -0.15) is 0 Å². The van der Waals surface area contributed by atoms with Gasteiger partial charge in [0.15, 0.2) is 0 Å². The Balaban J connectivity index is 1.84. The van der Waals surface area contributed by atoms with Crippen molar-refractivity contribution in [3.05, 3.63) is 30.1 Å². The molecule has 18 heavy (non-hydrogen) atoms. The van der Waals surface area contributed by atoms with E-state index in [9.17, 15) is 4.39 Å². The highest BCUT2D eigenvalue weighted by atomic mass is 32.2. The minimum absolute atomic E-state index is 0.137. The third-order valence-electron chi connectivity index (χ3n) is 3.60. The fourth-order valence-electron chi connectivity index (χ4n) is 2.28. The van der Waals surface area contributed by atoms with Crippen LogP contribution >= 0.6 is 11.8 Å². The second kappa shape index (κ2) is 7.15. The fraction of sp³-hybridized carbons (Fsp3) is 0.600. The maximum atomic E-state index is 13.1. The van der Waals surface area contributed by atoms with Crippen LogP contribution in [0.4, 0.5) is 4.39 Å². The standard InChI is InChI=1S/C15H22FNS/c1-2-9-17-15(12-5-3-6-12)11-18-14-8-4-7-13(16)10-14/h4,7-8,10,12,15,17H,2-3,5-6,9,11H2,1H3. The van der Waals surface area contributed by atoms with Crippen LogP contribution in [-0.4, -0.2) is 18.3 Å². The molecule has 3 heteroatoms. The molecule has 1 nitrogen and oxygen atoms in total. The summed E-state index contributed by atoms with van der Waals surface area (Å²) in [6, 6.07) is 7.50. The Morgan fingerprint density at radius 1 is 1.44 bits per heavy atom. The van der Waals surface area contributed by atoms with Crippen LogP contribution in [-0.2, 0) is 0 Å². The van der Waals surface area contributed by atoms with Crippen molar-refractivity contribution in [3.63, 3.8) is 0 Å². The molecule has 1 aliphatic rings. The predicted octanol–water partition coefficient (Wildman–Crippen LogP) is 4.09. The molecule has 1 N–H and O–H groups in total. The number of rotatable bonds is 7. The molecule has 1 fully saturated rings. The zero-order chi connectivity index (χ0) is 12.8. The average Bonchev–Trinajstić information content (AvgIpc) is 2.30. The highest BCUT2D eigenvalue weighted by Gasteiger charge is 2.26. The smallest absolute Gasteiger partial charge is 0.124 e. The number of halogens is 1. The zero-order valence-corrected chi connectivity index (χ0v) is 11.8. The highest BCUT2D eigenvalue weighted by Crippen LogP contribution is 2.32. The normalized spacial score (nSPS) is 17.4. The first-order chi connectivity index (χ1) is 8.79. The quantitative estimate of drug-likeness (QED) is 0.747. The summed E-state index contributed by atoms with van der Waals surface area (Å²) in [6.07, 6.45) is 5.25. The molecule has 1 aromatic rings. The topological polar surface area (TPSA) is 12.0 Å². The van der Waals surface area contributed by atoms with Crippen LogP contribution in [0, 0.1) is 11.7 Å². The maximum Gasteiger partial charge on any atom is 0.124 e. The summed E-state index contributed by atoms with van der Waals surface area (Å²) in [5.74, 6) is 1.74. The van der Waals surface area contributed by atoms with Gasteiger partial charge < -0.3 is 5.32 Å². The van der Waals surface area contributed by atoms with Gasteiger partial charge in [0.1, 0.15) is 5.82 Å². The van der Waals surface area contributed by atoms with E-state index in [1.54, 1.807) is 23.9 Å². The van der Waals surface area contributed by atoms with Gasteiger partial charge in [-0.15, -0.1) is 11.8 Å². The molecule has 1 saturated carbocycles. The van der Waals surface area contributed by atoms with E-state index >= 15 is 0 Å². The summed E-state index contributed by atoms with van der Waals surface area (Å²) in [4.78, 5) is 1.04. The minimum Gasteiger partial charge on any atom is -0.313 e. The van der Waals surface area contributed by atoms with E-state index < -0.39 is 0 Å². The van der Waals surface area contributed by atoms with Gasteiger partial charge in [0, 0.05) is 16.7 Å². The average molecular weight is 267 g/mol. The summed E-state index contributed by atoms with van der Waals surface area (Å²) in [6.45, 7) is 3.29. The molecule has 1 aliphatic carbocycles. The second-order valence-corrected chi connectivity index (χ2v) is 6.11. The molecule has 0 heterocycles. The van der Waals surface area contributed by atoms with Crippen molar-refractivity contribution in [1.82, 2.24) is 5.32 Å². The van der Waals surface area contributed by atoms with Crippen molar-refractivity contribution in [3.8, 4) is 0 Å². The lowest BCUT2D eigenvalue weighted by molar-refractivity contribution is 0.244. The molecular formula is C15H22FNS. The molecule has 2 rings (SSSR count). The van der Waals surface area contributed by atoms with Gasteiger partial charge in [-0.1, -0.05) is 19.4 Å². The third-order valence-corrected chi connectivity index (χ3v) is 4.71. The number of hydrogen-bond acceptors (Lipinski definition) is 2. The van der Waals surface area contributed by atoms with Crippen molar-refractivity contribution >= 4 is 11.8 Å². The van der Waals surface area contributed by atoms with Gasteiger partial charge in [-0.05, 0) is 49.9 Å². The molecule has 1 aromatic carbocycles. The molecule has 1 unspecified atom stereocenters. The lowest BCUT2D eigenvalue weighted by Gasteiger charge is -2.34. The predicted molar refractivity (Wildman–Crippen MR) is 76.5 cm³/mol. The fourth-order valence-corrected chi connectivity index (χ4v) is 3.41. The summed E-state index contributed by atoms with van der Waals surface area (Å²) < 4.78 is 13.1. The highest BCUT2D eigenvalue weighted by molar-refractivity contribution is 7.99. The summed E-state index contributed by atoms with van der Waals surface area (Å²) in [5.41, 5.74) is 0. The Labute approximate surface area is 114 Å². The van der Waals surface area contributed by atoms with E-state index in [2.05, 4.69) is 12.2 Å².